The van der Waals surface area contributed by atoms with Crippen LogP contribution in [0.3, 0.4) is 0 Å². The van der Waals surface area contributed by atoms with E-state index in [1.165, 1.54) is 24.4 Å². The number of anilines is 2. The summed E-state index contributed by atoms with van der Waals surface area (Å²) in [6, 6.07) is 7.12. The maximum absolute atomic E-state index is 14.0. The maximum Gasteiger partial charge on any atom is 0.256 e. The van der Waals surface area contributed by atoms with Crippen molar-refractivity contribution in [3.63, 3.8) is 0 Å². The van der Waals surface area contributed by atoms with Crippen LogP contribution in [0.2, 0.25) is 0 Å². The van der Waals surface area contributed by atoms with E-state index in [0.29, 0.717) is 24.4 Å². The number of halogens is 1. The highest BCUT2D eigenvalue weighted by Gasteiger charge is 2.48. The van der Waals surface area contributed by atoms with Crippen LogP contribution in [-0.4, -0.2) is 21.6 Å². The van der Waals surface area contributed by atoms with Gasteiger partial charge in [-0.1, -0.05) is 0 Å². The Hall–Kier alpha value is -2.67. The molecule has 0 spiro atoms. The van der Waals surface area contributed by atoms with Crippen molar-refractivity contribution in [2.45, 2.75) is 18.4 Å². The third kappa shape index (κ3) is 2.99. The van der Waals surface area contributed by atoms with Gasteiger partial charge in [0.2, 0.25) is 0 Å². The van der Waals surface area contributed by atoms with E-state index in [2.05, 4.69) is 10.3 Å². The van der Waals surface area contributed by atoms with E-state index in [-0.39, 0.29) is 11.4 Å². The molecule has 114 valence electrons. The van der Waals surface area contributed by atoms with Gasteiger partial charge in [0.1, 0.15) is 28.7 Å². The van der Waals surface area contributed by atoms with Crippen LogP contribution in [0.15, 0.2) is 36.5 Å². The van der Waals surface area contributed by atoms with Gasteiger partial charge in [0.05, 0.1) is 5.69 Å². The molecule has 0 saturated heterocycles. The van der Waals surface area contributed by atoms with Crippen LogP contribution >= 0.6 is 0 Å². The van der Waals surface area contributed by atoms with Crippen LogP contribution in [0.25, 0.3) is 0 Å². The van der Waals surface area contributed by atoms with Gasteiger partial charge in [-0.2, -0.15) is 0 Å². The predicted molar refractivity (Wildman–Crippen MR) is 77.9 cm³/mol. The second-order valence-electron chi connectivity index (χ2n) is 5.15. The average molecular weight is 303 g/mol. The molecule has 1 saturated carbocycles. The van der Waals surface area contributed by atoms with E-state index in [1.807, 2.05) is 0 Å². The number of ether oxygens (including phenoxy) is 1. The van der Waals surface area contributed by atoms with E-state index >= 15 is 0 Å². The first-order valence-electron chi connectivity index (χ1n) is 6.69. The van der Waals surface area contributed by atoms with E-state index in [1.54, 1.807) is 6.07 Å². The highest BCUT2D eigenvalue weighted by atomic mass is 19.1. The van der Waals surface area contributed by atoms with Crippen molar-refractivity contribution in [3.8, 4) is 11.5 Å². The van der Waals surface area contributed by atoms with Crippen molar-refractivity contribution in [3.05, 3.63) is 42.3 Å². The van der Waals surface area contributed by atoms with E-state index in [0.717, 1.165) is 6.07 Å². The lowest BCUT2D eigenvalue weighted by Gasteiger charge is -2.11. The average Bonchev–Trinajstić information content (AvgIpc) is 3.21. The summed E-state index contributed by atoms with van der Waals surface area (Å²) in [7, 11) is 0. The molecule has 1 aliphatic carbocycles. The summed E-state index contributed by atoms with van der Waals surface area (Å²) < 4.78 is 19.4. The van der Waals surface area contributed by atoms with Crippen LogP contribution in [0.4, 0.5) is 15.9 Å². The molecule has 7 heteroatoms. The van der Waals surface area contributed by atoms with Gasteiger partial charge in [-0.3, -0.25) is 4.79 Å². The number of hydrogen-bond donors (Lipinski definition) is 3. The van der Waals surface area contributed by atoms with Crippen molar-refractivity contribution in [1.82, 2.24) is 4.98 Å². The molecule has 4 N–H and O–H groups in total. The second kappa shape index (κ2) is 5.27. The zero-order valence-corrected chi connectivity index (χ0v) is 11.5. The zero-order chi connectivity index (χ0) is 15.7. The number of benzene rings is 1. The summed E-state index contributed by atoms with van der Waals surface area (Å²) in [6.45, 7) is 0. The molecule has 1 heterocycles. The first-order chi connectivity index (χ1) is 10.5. The fourth-order valence-electron chi connectivity index (χ4n) is 1.87. The Kier molecular flexibility index (Phi) is 3.42. The number of aliphatic hydroxyl groups is 1. The fraction of sp³-hybridized carbons (Fsp3) is 0.200. The van der Waals surface area contributed by atoms with Gasteiger partial charge in [-0.25, -0.2) is 9.37 Å². The fourth-order valence-corrected chi connectivity index (χ4v) is 1.87. The lowest BCUT2D eigenvalue weighted by molar-refractivity contribution is -0.125. The molecular weight excluding hydrogens is 289 g/mol. The van der Waals surface area contributed by atoms with Crippen molar-refractivity contribution in [1.29, 1.82) is 0 Å². The molecule has 1 aromatic heterocycles. The highest BCUT2D eigenvalue weighted by Crippen LogP contribution is 2.36. The molecule has 3 rings (SSSR count). The second-order valence-corrected chi connectivity index (χ2v) is 5.15. The number of nitrogens with two attached hydrogens (primary N) is 1. The number of nitrogens with zero attached hydrogens (tertiary/aromatic N) is 1. The Balaban J connectivity index is 1.73. The number of aromatic nitrogens is 1. The molecule has 22 heavy (non-hydrogen) atoms. The summed E-state index contributed by atoms with van der Waals surface area (Å²) in [4.78, 5) is 15.5. The molecule has 0 unspecified atom stereocenters. The Morgan fingerprint density at radius 1 is 1.32 bits per heavy atom. The summed E-state index contributed by atoms with van der Waals surface area (Å²) >= 11 is 0. The van der Waals surface area contributed by atoms with Gasteiger partial charge in [0.25, 0.3) is 5.91 Å². The van der Waals surface area contributed by atoms with Gasteiger partial charge in [0, 0.05) is 18.3 Å². The van der Waals surface area contributed by atoms with Gasteiger partial charge >= 0.3 is 0 Å². The zero-order valence-electron chi connectivity index (χ0n) is 11.5. The van der Waals surface area contributed by atoms with Gasteiger partial charge in [0.15, 0.2) is 0 Å². The smallest absolute Gasteiger partial charge is 0.256 e. The highest BCUT2D eigenvalue weighted by molar-refractivity contribution is 5.99. The minimum Gasteiger partial charge on any atom is -0.457 e. The largest absolute Gasteiger partial charge is 0.457 e. The SMILES string of the molecule is Nc1cc(Oc2ccc(NC(=O)C3(O)CC3)c(F)c2)ccn1. The summed E-state index contributed by atoms with van der Waals surface area (Å²) in [5, 5.41) is 12.0. The van der Waals surface area contributed by atoms with Crippen molar-refractivity contribution in [2.75, 3.05) is 11.1 Å². The van der Waals surface area contributed by atoms with E-state index in [4.69, 9.17) is 10.5 Å². The number of nitrogens with one attached hydrogen (secondary N) is 1. The van der Waals surface area contributed by atoms with Crippen LogP contribution < -0.4 is 15.8 Å². The lowest BCUT2D eigenvalue weighted by atomic mass is 10.2. The third-order valence-corrected chi connectivity index (χ3v) is 3.32. The molecule has 1 aliphatic rings. The van der Waals surface area contributed by atoms with Gasteiger partial charge < -0.3 is 20.9 Å². The molecule has 0 radical (unpaired) electrons. The number of nitrogen functional groups attached to an aromatic ring is 1. The van der Waals surface area contributed by atoms with Crippen molar-refractivity contribution >= 4 is 17.4 Å². The minimum absolute atomic E-state index is 0.00748. The Bertz CT molecular complexity index is 732. The van der Waals surface area contributed by atoms with Gasteiger partial charge in [-0.05, 0) is 31.0 Å². The normalized spacial score (nSPS) is 15.2. The number of carbonyl (C=O) groups excluding carboxylic acids is 1. The van der Waals surface area contributed by atoms with Gasteiger partial charge in [-0.15, -0.1) is 0 Å². The van der Waals surface area contributed by atoms with E-state index < -0.39 is 17.3 Å². The Labute approximate surface area is 125 Å². The molecule has 0 bridgehead atoms. The first-order valence-corrected chi connectivity index (χ1v) is 6.69. The number of pyridine rings is 1. The molecule has 1 aromatic carbocycles. The monoisotopic (exact) mass is 303 g/mol. The summed E-state index contributed by atoms with van der Waals surface area (Å²) in [6.07, 6.45) is 2.27. The maximum atomic E-state index is 14.0. The first kappa shape index (κ1) is 14.3. The number of hydrogen-bond acceptors (Lipinski definition) is 5. The number of carbonyl (C=O) groups is 1. The molecule has 2 aromatic rings. The number of rotatable bonds is 4. The summed E-state index contributed by atoms with van der Waals surface area (Å²) in [5.74, 6) is -0.277. The van der Waals surface area contributed by atoms with Crippen LogP contribution in [0, 0.1) is 5.82 Å². The molecule has 0 atom stereocenters. The van der Waals surface area contributed by atoms with Crippen LogP contribution in [-0.2, 0) is 4.79 Å². The topological polar surface area (TPSA) is 97.5 Å². The molecule has 6 nitrogen and oxygen atoms in total. The summed E-state index contributed by atoms with van der Waals surface area (Å²) in [5.41, 5.74) is 4.17. The molecule has 1 amide bonds. The third-order valence-electron chi connectivity index (χ3n) is 3.32. The van der Waals surface area contributed by atoms with Crippen LogP contribution in [0.1, 0.15) is 12.8 Å². The standard InChI is InChI=1S/C15H14FN3O3/c16-11-7-9(22-10-3-6-18-13(17)8-10)1-2-12(11)19-14(20)15(21)4-5-15/h1-3,6-8,21H,4-5H2,(H2,17,18)(H,19,20). The Morgan fingerprint density at radius 2 is 2.05 bits per heavy atom. The van der Waals surface area contributed by atoms with Crippen molar-refractivity contribution in [2.24, 2.45) is 0 Å². The Morgan fingerprint density at radius 3 is 2.68 bits per heavy atom. The predicted octanol–water partition coefficient (Wildman–Crippen LogP) is 2.06. The molecule has 0 aliphatic heterocycles. The minimum atomic E-state index is -1.35. The molecule has 1 fully saturated rings. The molecular formula is C15H14FN3O3. The van der Waals surface area contributed by atoms with Crippen molar-refractivity contribution < 1.29 is 19.0 Å². The number of amides is 1. The van der Waals surface area contributed by atoms with Crippen LogP contribution in [0.5, 0.6) is 11.5 Å². The lowest BCUT2D eigenvalue weighted by Crippen LogP contribution is -2.29. The van der Waals surface area contributed by atoms with E-state index in [9.17, 15) is 14.3 Å². The quantitative estimate of drug-likeness (QED) is 0.803.